The highest BCUT2D eigenvalue weighted by atomic mass is 15.0. The summed E-state index contributed by atoms with van der Waals surface area (Å²) in [5.74, 6) is 0. The molecule has 8 aromatic carbocycles. The minimum Gasteiger partial charge on any atom is -0.354 e. The number of nitrogens with zero attached hydrogens (tertiary/aromatic N) is 1. The largest absolute Gasteiger partial charge is 0.354 e. The first-order valence-corrected chi connectivity index (χ1v) is 15.9. The number of aromatic nitrogens is 2. The predicted octanol–water partition coefficient (Wildman–Crippen LogP) is 12.1. The van der Waals surface area contributed by atoms with Gasteiger partial charge in [0.15, 0.2) is 0 Å². The van der Waals surface area contributed by atoms with Crippen molar-refractivity contribution in [3.63, 3.8) is 0 Å². The summed E-state index contributed by atoms with van der Waals surface area (Å²) in [6, 6.07) is 59.7. The Kier molecular flexibility index (Phi) is 5.31. The number of rotatable bonds is 3. The van der Waals surface area contributed by atoms with Crippen LogP contribution in [0.25, 0.3) is 93.1 Å². The molecule has 46 heavy (non-hydrogen) atoms. The number of para-hydroxylation sites is 3. The van der Waals surface area contributed by atoms with Gasteiger partial charge in [-0.15, -0.1) is 0 Å². The molecule has 0 saturated heterocycles. The summed E-state index contributed by atoms with van der Waals surface area (Å²) in [7, 11) is 0. The predicted molar refractivity (Wildman–Crippen MR) is 196 cm³/mol. The fourth-order valence-corrected chi connectivity index (χ4v) is 7.70. The van der Waals surface area contributed by atoms with Gasteiger partial charge in [0, 0.05) is 38.1 Å². The van der Waals surface area contributed by atoms with Crippen molar-refractivity contribution in [3.05, 3.63) is 164 Å². The number of fused-ring (bicyclic) bond motifs is 10. The monoisotopic (exact) mass is 584 g/mol. The standard InChI is InChI=1S/C44H28N2/c1-2-15-30(16-3-1)46-41-24-11-9-22-36(41)43-34-20-6-4-17-31(34)38(27-42(43)46)29-14-12-13-28(25-29)37-26-39-33-19-8-10-23-40(33)45-44(39)35-21-7-5-18-32(35)37/h1-27,45H. The van der Waals surface area contributed by atoms with Crippen LogP contribution in [0, 0.1) is 0 Å². The van der Waals surface area contributed by atoms with Gasteiger partial charge in [-0.05, 0) is 80.9 Å². The van der Waals surface area contributed by atoms with E-state index in [2.05, 4.69) is 173 Å². The van der Waals surface area contributed by atoms with E-state index in [0.717, 1.165) is 0 Å². The van der Waals surface area contributed by atoms with E-state index in [-0.39, 0.29) is 0 Å². The minimum absolute atomic E-state index is 1.17. The zero-order chi connectivity index (χ0) is 30.2. The van der Waals surface area contributed by atoms with Crippen LogP contribution in [0.3, 0.4) is 0 Å². The minimum atomic E-state index is 1.17. The summed E-state index contributed by atoms with van der Waals surface area (Å²) < 4.78 is 2.42. The van der Waals surface area contributed by atoms with E-state index < -0.39 is 0 Å². The number of H-pyrrole nitrogens is 1. The number of hydrogen-bond donors (Lipinski definition) is 1. The Hall–Kier alpha value is -6.12. The molecule has 0 amide bonds. The first kappa shape index (κ1) is 25.2. The molecule has 1 N–H and O–H groups in total. The third kappa shape index (κ3) is 3.59. The van der Waals surface area contributed by atoms with E-state index in [1.54, 1.807) is 0 Å². The molecule has 0 aliphatic rings. The van der Waals surface area contributed by atoms with Gasteiger partial charge in [-0.3, -0.25) is 0 Å². The van der Waals surface area contributed by atoms with Crippen molar-refractivity contribution in [1.29, 1.82) is 0 Å². The van der Waals surface area contributed by atoms with E-state index in [9.17, 15) is 0 Å². The van der Waals surface area contributed by atoms with E-state index in [4.69, 9.17) is 0 Å². The van der Waals surface area contributed by atoms with Gasteiger partial charge in [-0.25, -0.2) is 0 Å². The quantitative estimate of drug-likeness (QED) is 0.213. The Morgan fingerprint density at radius 2 is 0.957 bits per heavy atom. The third-order valence-electron chi connectivity index (χ3n) is 9.70. The average molecular weight is 585 g/mol. The van der Waals surface area contributed by atoms with Crippen LogP contribution in [-0.4, -0.2) is 9.55 Å². The highest BCUT2D eigenvalue weighted by Gasteiger charge is 2.18. The second kappa shape index (κ2) is 9.69. The van der Waals surface area contributed by atoms with Gasteiger partial charge in [-0.1, -0.05) is 121 Å². The molecule has 2 heterocycles. The number of benzene rings is 8. The summed E-state index contributed by atoms with van der Waals surface area (Å²) in [6.45, 7) is 0. The van der Waals surface area contributed by atoms with Crippen LogP contribution in [0.2, 0.25) is 0 Å². The van der Waals surface area contributed by atoms with Crippen molar-refractivity contribution in [2.45, 2.75) is 0 Å². The molecule has 0 fully saturated rings. The molecule has 10 aromatic rings. The van der Waals surface area contributed by atoms with Crippen LogP contribution in [0.5, 0.6) is 0 Å². The molecular weight excluding hydrogens is 556 g/mol. The molecule has 0 atom stereocenters. The van der Waals surface area contributed by atoms with Crippen LogP contribution in [-0.2, 0) is 0 Å². The fraction of sp³-hybridized carbons (Fsp3) is 0. The molecule has 0 radical (unpaired) electrons. The van der Waals surface area contributed by atoms with Gasteiger partial charge < -0.3 is 9.55 Å². The second-order valence-corrected chi connectivity index (χ2v) is 12.2. The van der Waals surface area contributed by atoms with Gasteiger partial charge in [0.1, 0.15) is 0 Å². The van der Waals surface area contributed by atoms with Crippen LogP contribution in [0.4, 0.5) is 0 Å². The second-order valence-electron chi connectivity index (χ2n) is 12.2. The summed E-state index contributed by atoms with van der Waals surface area (Å²) in [5, 5.41) is 10.1. The van der Waals surface area contributed by atoms with Crippen molar-refractivity contribution >= 4 is 65.2 Å². The molecule has 0 spiro atoms. The summed E-state index contributed by atoms with van der Waals surface area (Å²) in [6.07, 6.45) is 0. The smallest absolute Gasteiger partial charge is 0.0553 e. The maximum atomic E-state index is 3.70. The van der Waals surface area contributed by atoms with Crippen LogP contribution < -0.4 is 0 Å². The SMILES string of the molecule is c1ccc(-n2c3ccccc3c3c4ccccc4c(-c4cccc(-c5cc6c7ccccc7[nH]c6c6ccccc56)c4)cc32)cc1. The lowest BCUT2D eigenvalue weighted by Gasteiger charge is -2.14. The van der Waals surface area contributed by atoms with E-state index >= 15 is 0 Å². The molecule has 0 aliphatic heterocycles. The highest BCUT2D eigenvalue weighted by molar-refractivity contribution is 6.25. The number of aromatic amines is 1. The van der Waals surface area contributed by atoms with Crippen molar-refractivity contribution in [2.24, 2.45) is 0 Å². The fourth-order valence-electron chi connectivity index (χ4n) is 7.70. The lowest BCUT2D eigenvalue weighted by molar-refractivity contribution is 1.18. The van der Waals surface area contributed by atoms with E-state index in [1.165, 1.54) is 93.1 Å². The third-order valence-corrected chi connectivity index (χ3v) is 9.70. The molecule has 2 aromatic heterocycles. The number of nitrogens with one attached hydrogen (secondary N) is 1. The van der Waals surface area contributed by atoms with E-state index in [1.807, 2.05) is 0 Å². The van der Waals surface area contributed by atoms with Crippen LogP contribution in [0.1, 0.15) is 0 Å². The van der Waals surface area contributed by atoms with Gasteiger partial charge in [0.05, 0.1) is 16.6 Å². The first-order valence-electron chi connectivity index (χ1n) is 15.9. The van der Waals surface area contributed by atoms with Gasteiger partial charge >= 0.3 is 0 Å². The Balaban J connectivity index is 1.27. The molecule has 0 unspecified atom stereocenters. The maximum Gasteiger partial charge on any atom is 0.0553 e. The molecule has 2 nitrogen and oxygen atoms in total. The molecule has 2 heteroatoms. The van der Waals surface area contributed by atoms with Gasteiger partial charge in [0.2, 0.25) is 0 Å². The Bertz CT molecular complexity index is 2800. The average Bonchev–Trinajstić information content (AvgIpc) is 3.67. The maximum absolute atomic E-state index is 3.70. The molecular formula is C44H28N2. The number of hydrogen-bond acceptors (Lipinski definition) is 0. The van der Waals surface area contributed by atoms with E-state index in [0.29, 0.717) is 0 Å². The van der Waals surface area contributed by atoms with Crippen molar-refractivity contribution < 1.29 is 0 Å². The lowest BCUT2D eigenvalue weighted by Crippen LogP contribution is -1.94. The topological polar surface area (TPSA) is 20.7 Å². The van der Waals surface area contributed by atoms with Crippen LogP contribution >= 0.6 is 0 Å². The first-order chi connectivity index (χ1) is 22.8. The van der Waals surface area contributed by atoms with Gasteiger partial charge in [0.25, 0.3) is 0 Å². The molecule has 0 bridgehead atoms. The molecule has 0 aliphatic carbocycles. The Morgan fingerprint density at radius 1 is 0.370 bits per heavy atom. The molecule has 10 rings (SSSR count). The van der Waals surface area contributed by atoms with Crippen molar-refractivity contribution in [2.75, 3.05) is 0 Å². The summed E-state index contributed by atoms with van der Waals surface area (Å²) in [4.78, 5) is 3.70. The normalized spacial score (nSPS) is 11.9. The molecule has 214 valence electrons. The highest BCUT2D eigenvalue weighted by Crippen LogP contribution is 2.43. The van der Waals surface area contributed by atoms with Gasteiger partial charge in [-0.2, -0.15) is 0 Å². The molecule has 0 saturated carbocycles. The summed E-state index contributed by atoms with van der Waals surface area (Å²) in [5.41, 5.74) is 10.9. The Labute approximate surface area is 265 Å². The Morgan fingerprint density at radius 3 is 1.74 bits per heavy atom. The van der Waals surface area contributed by atoms with Crippen LogP contribution in [0.15, 0.2) is 164 Å². The summed E-state index contributed by atoms with van der Waals surface area (Å²) >= 11 is 0. The zero-order valence-electron chi connectivity index (χ0n) is 25.0. The van der Waals surface area contributed by atoms with Crippen molar-refractivity contribution in [1.82, 2.24) is 9.55 Å². The lowest BCUT2D eigenvalue weighted by atomic mass is 9.91. The van der Waals surface area contributed by atoms with Crippen molar-refractivity contribution in [3.8, 4) is 27.9 Å². The zero-order valence-corrected chi connectivity index (χ0v) is 25.0.